The molecule has 0 saturated carbocycles. The second-order valence-corrected chi connectivity index (χ2v) is 6.95. The number of carbonyl (C=O) groups is 1. The standard InChI is InChI=1S/C19H21Cl2N3O2/c1-26-18-5-3-2-4-14(18)17-11-22-8-9-24(17)12-19(25)23-16-7-6-13(20)10-15(16)21/h2-7,10,17,22H,8-9,11-12H2,1H3,(H,23,25). The van der Waals surface area contributed by atoms with Crippen molar-refractivity contribution in [1.29, 1.82) is 0 Å². The molecular weight excluding hydrogens is 373 g/mol. The number of benzene rings is 2. The average Bonchev–Trinajstić information content (AvgIpc) is 2.64. The minimum Gasteiger partial charge on any atom is -0.496 e. The van der Waals surface area contributed by atoms with Crippen molar-refractivity contribution >= 4 is 34.8 Å². The molecule has 5 nitrogen and oxygen atoms in total. The average molecular weight is 394 g/mol. The minimum atomic E-state index is -0.115. The van der Waals surface area contributed by atoms with Crippen molar-refractivity contribution in [3.8, 4) is 5.75 Å². The third-order valence-electron chi connectivity index (χ3n) is 4.40. The molecule has 1 atom stereocenters. The van der Waals surface area contributed by atoms with Gasteiger partial charge in [0.05, 0.1) is 30.4 Å². The first-order chi connectivity index (χ1) is 12.6. The first-order valence-corrected chi connectivity index (χ1v) is 9.16. The second kappa shape index (κ2) is 8.73. The first-order valence-electron chi connectivity index (χ1n) is 8.41. The fourth-order valence-electron chi connectivity index (χ4n) is 3.15. The van der Waals surface area contributed by atoms with E-state index in [0.29, 0.717) is 15.7 Å². The summed E-state index contributed by atoms with van der Waals surface area (Å²) in [6, 6.07) is 13.0. The topological polar surface area (TPSA) is 53.6 Å². The maximum Gasteiger partial charge on any atom is 0.238 e. The van der Waals surface area contributed by atoms with Crippen molar-refractivity contribution in [3.63, 3.8) is 0 Å². The molecule has 26 heavy (non-hydrogen) atoms. The molecule has 0 aliphatic carbocycles. The van der Waals surface area contributed by atoms with Gasteiger partial charge in [0.15, 0.2) is 0 Å². The number of halogens is 2. The van der Waals surface area contributed by atoms with Crippen LogP contribution >= 0.6 is 23.2 Å². The molecule has 0 radical (unpaired) electrons. The van der Waals surface area contributed by atoms with Crippen molar-refractivity contribution in [2.75, 3.05) is 38.6 Å². The molecule has 138 valence electrons. The highest BCUT2D eigenvalue weighted by molar-refractivity contribution is 6.36. The van der Waals surface area contributed by atoms with E-state index in [1.165, 1.54) is 0 Å². The van der Waals surface area contributed by atoms with E-state index in [0.717, 1.165) is 30.9 Å². The van der Waals surface area contributed by atoms with Crippen molar-refractivity contribution in [1.82, 2.24) is 10.2 Å². The van der Waals surface area contributed by atoms with E-state index in [4.69, 9.17) is 27.9 Å². The zero-order chi connectivity index (χ0) is 18.5. The third-order valence-corrected chi connectivity index (χ3v) is 4.95. The highest BCUT2D eigenvalue weighted by atomic mass is 35.5. The molecule has 3 rings (SSSR count). The normalized spacial score (nSPS) is 17.7. The number of ether oxygens (including phenoxy) is 1. The Morgan fingerprint density at radius 3 is 2.88 bits per heavy atom. The number of para-hydroxylation sites is 1. The Kier molecular flexibility index (Phi) is 6.38. The van der Waals surface area contributed by atoms with Crippen LogP contribution in [0.2, 0.25) is 10.0 Å². The van der Waals surface area contributed by atoms with Gasteiger partial charge in [-0.1, -0.05) is 41.4 Å². The van der Waals surface area contributed by atoms with Crippen LogP contribution in [0.1, 0.15) is 11.6 Å². The highest BCUT2D eigenvalue weighted by Crippen LogP contribution is 2.30. The van der Waals surface area contributed by atoms with Gasteiger partial charge in [-0.3, -0.25) is 9.69 Å². The maximum atomic E-state index is 12.6. The Balaban J connectivity index is 1.73. The van der Waals surface area contributed by atoms with Gasteiger partial charge in [-0.25, -0.2) is 0 Å². The van der Waals surface area contributed by atoms with Crippen LogP contribution in [0.15, 0.2) is 42.5 Å². The van der Waals surface area contributed by atoms with Gasteiger partial charge in [-0.05, 0) is 24.3 Å². The van der Waals surface area contributed by atoms with Crippen molar-refractivity contribution < 1.29 is 9.53 Å². The van der Waals surface area contributed by atoms with E-state index in [1.54, 1.807) is 25.3 Å². The van der Waals surface area contributed by atoms with Crippen molar-refractivity contribution in [2.45, 2.75) is 6.04 Å². The predicted molar refractivity (Wildman–Crippen MR) is 105 cm³/mol. The molecule has 1 unspecified atom stereocenters. The number of nitrogens with one attached hydrogen (secondary N) is 2. The van der Waals surface area contributed by atoms with Crippen LogP contribution in [0.3, 0.4) is 0 Å². The zero-order valence-electron chi connectivity index (χ0n) is 14.5. The van der Waals surface area contributed by atoms with Crippen molar-refractivity contribution in [2.24, 2.45) is 0 Å². The van der Waals surface area contributed by atoms with Crippen LogP contribution in [-0.4, -0.2) is 44.1 Å². The number of nitrogens with zero attached hydrogens (tertiary/aromatic N) is 1. The van der Waals surface area contributed by atoms with Gasteiger partial charge in [0.1, 0.15) is 5.75 Å². The largest absolute Gasteiger partial charge is 0.496 e. The summed E-state index contributed by atoms with van der Waals surface area (Å²) in [5.74, 6) is 0.711. The molecule has 1 heterocycles. The molecule has 1 fully saturated rings. The number of carbonyl (C=O) groups excluding carboxylic acids is 1. The fourth-order valence-corrected chi connectivity index (χ4v) is 3.60. The molecule has 1 aliphatic heterocycles. The number of amides is 1. The number of hydrogen-bond acceptors (Lipinski definition) is 4. The summed E-state index contributed by atoms with van der Waals surface area (Å²) < 4.78 is 5.49. The van der Waals surface area contributed by atoms with Crippen molar-refractivity contribution in [3.05, 3.63) is 58.1 Å². The molecule has 1 saturated heterocycles. The monoisotopic (exact) mass is 393 g/mol. The molecule has 2 N–H and O–H groups in total. The molecule has 0 spiro atoms. The second-order valence-electron chi connectivity index (χ2n) is 6.10. The van der Waals surface area contributed by atoms with Gasteiger partial charge in [0, 0.05) is 30.2 Å². The molecule has 1 aliphatic rings. The van der Waals surface area contributed by atoms with Crippen LogP contribution in [0, 0.1) is 0 Å². The van der Waals surface area contributed by atoms with Gasteiger partial charge >= 0.3 is 0 Å². The van der Waals surface area contributed by atoms with Gasteiger partial charge in [0.25, 0.3) is 0 Å². The van der Waals surface area contributed by atoms with E-state index in [2.05, 4.69) is 15.5 Å². The molecule has 0 aromatic heterocycles. The Bertz CT molecular complexity index is 785. The predicted octanol–water partition coefficient (Wildman–Crippen LogP) is 3.59. The lowest BCUT2D eigenvalue weighted by molar-refractivity contribution is -0.118. The van der Waals surface area contributed by atoms with Gasteiger partial charge in [-0.2, -0.15) is 0 Å². The lowest BCUT2D eigenvalue weighted by Crippen LogP contribution is -2.48. The smallest absolute Gasteiger partial charge is 0.238 e. The van der Waals surface area contributed by atoms with Gasteiger partial charge in [-0.15, -0.1) is 0 Å². The summed E-state index contributed by atoms with van der Waals surface area (Å²) in [4.78, 5) is 14.7. The summed E-state index contributed by atoms with van der Waals surface area (Å²) in [5, 5.41) is 7.21. The van der Waals surface area contributed by atoms with E-state index < -0.39 is 0 Å². The SMILES string of the molecule is COc1ccccc1C1CNCCN1CC(=O)Nc1ccc(Cl)cc1Cl. The highest BCUT2D eigenvalue weighted by Gasteiger charge is 2.27. The third kappa shape index (κ3) is 4.48. The fraction of sp³-hybridized carbons (Fsp3) is 0.316. The molecule has 2 aromatic rings. The maximum absolute atomic E-state index is 12.6. The first kappa shape index (κ1) is 19.0. The lowest BCUT2D eigenvalue weighted by atomic mass is 10.0. The van der Waals surface area contributed by atoms with E-state index >= 15 is 0 Å². The van der Waals surface area contributed by atoms with E-state index in [9.17, 15) is 4.79 Å². The Morgan fingerprint density at radius 1 is 1.31 bits per heavy atom. The molecule has 2 aromatic carbocycles. The molecule has 0 bridgehead atoms. The zero-order valence-corrected chi connectivity index (χ0v) is 16.0. The Labute approximate surface area is 163 Å². The summed E-state index contributed by atoms with van der Waals surface area (Å²) in [6.07, 6.45) is 0. The number of hydrogen-bond donors (Lipinski definition) is 2. The summed E-state index contributed by atoms with van der Waals surface area (Å²) >= 11 is 12.0. The summed E-state index contributed by atoms with van der Waals surface area (Å²) in [6.45, 7) is 2.63. The van der Waals surface area contributed by atoms with Crippen LogP contribution in [0.4, 0.5) is 5.69 Å². The van der Waals surface area contributed by atoms with Crippen LogP contribution < -0.4 is 15.4 Å². The van der Waals surface area contributed by atoms with Crippen LogP contribution in [0.5, 0.6) is 5.75 Å². The number of anilines is 1. The minimum absolute atomic E-state index is 0.0614. The summed E-state index contributed by atoms with van der Waals surface area (Å²) in [5.41, 5.74) is 1.63. The number of methoxy groups -OCH3 is 1. The van der Waals surface area contributed by atoms with Gasteiger partial charge in [0.2, 0.25) is 5.91 Å². The lowest BCUT2D eigenvalue weighted by Gasteiger charge is -2.36. The quantitative estimate of drug-likeness (QED) is 0.814. The summed E-state index contributed by atoms with van der Waals surface area (Å²) in [7, 11) is 1.66. The Hall–Kier alpha value is -1.79. The van der Waals surface area contributed by atoms with Gasteiger partial charge < -0.3 is 15.4 Å². The van der Waals surface area contributed by atoms with E-state index in [1.807, 2.05) is 24.3 Å². The van der Waals surface area contributed by atoms with Crippen LogP contribution in [-0.2, 0) is 4.79 Å². The number of rotatable bonds is 5. The molecular formula is C19H21Cl2N3O2. The molecule has 1 amide bonds. The Morgan fingerprint density at radius 2 is 2.12 bits per heavy atom. The number of piperazine rings is 1. The van der Waals surface area contributed by atoms with E-state index in [-0.39, 0.29) is 18.5 Å². The van der Waals surface area contributed by atoms with Crippen LogP contribution in [0.25, 0.3) is 0 Å². The molecule has 7 heteroatoms.